The van der Waals surface area contributed by atoms with Crippen molar-refractivity contribution in [3.63, 3.8) is 0 Å². The molecule has 3 aromatic rings. The second kappa shape index (κ2) is 13.1. The van der Waals surface area contributed by atoms with Gasteiger partial charge in [0.1, 0.15) is 12.6 Å². The predicted molar refractivity (Wildman–Crippen MR) is 156 cm³/mol. The van der Waals surface area contributed by atoms with Crippen molar-refractivity contribution < 1.29 is 18.0 Å². The minimum absolute atomic E-state index is 0.0831. The fraction of sp³-hybridized carbons (Fsp3) is 0.333. The number of hydrogen-bond donors (Lipinski definition) is 1. The molecule has 2 amide bonds. The highest BCUT2D eigenvalue weighted by Gasteiger charge is 2.33. The summed E-state index contributed by atoms with van der Waals surface area (Å²) in [5, 5.41) is 3.39. The van der Waals surface area contributed by atoms with E-state index in [0.29, 0.717) is 22.8 Å². The molecule has 0 aliphatic heterocycles. The molecule has 39 heavy (non-hydrogen) atoms. The normalized spacial score (nSPS) is 12.1. The van der Waals surface area contributed by atoms with E-state index in [2.05, 4.69) is 5.32 Å². The SMILES string of the molecule is CCCNC(=O)C(C)N(Cc1ccc(Cl)cc1)C(=O)CN(c1cc(C)ccc1C)S(=O)(=O)c1ccc(C)cc1. The monoisotopic (exact) mass is 569 g/mol. The Morgan fingerprint density at radius 2 is 1.54 bits per heavy atom. The van der Waals surface area contributed by atoms with Crippen LogP contribution in [0.5, 0.6) is 0 Å². The van der Waals surface area contributed by atoms with Gasteiger partial charge >= 0.3 is 0 Å². The van der Waals surface area contributed by atoms with Gasteiger partial charge in [-0.05, 0) is 81.1 Å². The van der Waals surface area contributed by atoms with E-state index in [1.165, 1.54) is 4.90 Å². The Hall–Kier alpha value is -3.36. The number of carbonyl (C=O) groups is 2. The first kappa shape index (κ1) is 30.2. The molecule has 0 fully saturated rings. The third-order valence-corrected chi connectivity index (χ3v) is 8.53. The largest absolute Gasteiger partial charge is 0.354 e. The second-order valence-electron chi connectivity index (χ2n) is 9.73. The molecule has 0 saturated heterocycles. The van der Waals surface area contributed by atoms with Gasteiger partial charge in [0.05, 0.1) is 10.6 Å². The van der Waals surface area contributed by atoms with Crippen molar-refractivity contribution in [2.24, 2.45) is 0 Å². The number of anilines is 1. The minimum Gasteiger partial charge on any atom is -0.354 e. The molecule has 0 aromatic heterocycles. The predicted octanol–water partition coefficient (Wildman–Crippen LogP) is 5.40. The molecule has 9 heteroatoms. The first-order chi connectivity index (χ1) is 18.4. The van der Waals surface area contributed by atoms with Crippen LogP contribution in [0.3, 0.4) is 0 Å². The highest BCUT2D eigenvalue weighted by Crippen LogP contribution is 2.29. The first-order valence-corrected chi connectivity index (χ1v) is 14.7. The molecule has 1 N–H and O–H groups in total. The summed E-state index contributed by atoms with van der Waals surface area (Å²) >= 11 is 6.05. The molecular formula is C30H36ClN3O4S. The van der Waals surface area contributed by atoms with Gasteiger partial charge in [-0.15, -0.1) is 0 Å². The second-order valence-corrected chi connectivity index (χ2v) is 12.0. The van der Waals surface area contributed by atoms with E-state index >= 15 is 0 Å². The van der Waals surface area contributed by atoms with E-state index in [4.69, 9.17) is 11.6 Å². The van der Waals surface area contributed by atoms with Crippen LogP contribution >= 0.6 is 11.6 Å². The number of sulfonamides is 1. The highest BCUT2D eigenvalue weighted by atomic mass is 35.5. The first-order valence-electron chi connectivity index (χ1n) is 12.9. The van der Waals surface area contributed by atoms with E-state index in [0.717, 1.165) is 27.4 Å². The standard InChI is InChI=1S/C30H36ClN3O4S/c1-6-17-32-30(36)24(5)33(19-25-11-13-26(31)14-12-25)29(35)20-34(28-18-22(3)7-10-23(28)4)39(37,38)27-15-8-21(2)9-16-27/h7-16,18,24H,6,17,19-20H2,1-5H3,(H,32,36). The summed E-state index contributed by atoms with van der Waals surface area (Å²) in [5.74, 6) is -0.806. The molecule has 3 rings (SSSR count). The van der Waals surface area contributed by atoms with Crippen LogP contribution in [0.1, 0.15) is 42.5 Å². The summed E-state index contributed by atoms with van der Waals surface area (Å²) in [4.78, 5) is 28.4. The number of aryl methyl sites for hydroxylation is 3. The average molecular weight is 570 g/mol. The average Bonchev–Trinajstić information content (AvgIpc) is 2.91. The number of rotatable bonds is 11. The molecule has 0 aliphatic rings. The lowest BCUT2D eigenvalue weighted by atomic mass is 10.1. The van der Waals surface area contributed by atoms with Gasteiger partial charge in [-0.2, -0.15) is 0 Å². The Kier molecular flexibility index (Phi) is 10.2. The molecule has 0 bridgehead atoms. The number of hydrogen-bond acceptors (Lipinski definition) is 4. The Bertz CT molecular complexity index is 1410. The van der Waals surface area contributed by atoms with Crippen molar-refractivity contribution in [3.05, 3.63) is 94.0 Å². The molecule has 208 valence electrons. The maximum atomic E-state index is 14.0. The number of nitrogens with one attached hydrogen (secondary N) is 1. The van der Waals surface area contributed by atoms with Crippen LogP contribution in [0.4, 0.5) is 5.69 Å². The lowest BCUT2D eigenvalue weighted by molar-refractivity contribution is -0.139. The van der Waals surface area contributed by atoms with Crippen LogP contribution in [-0.4, -0.2) is 44.3 Å². The van der Waals surface area contributed by atoms with Crippen molar-refractivity contribution in [1.29, 1.82) is 0 Å². The van der Waals surface area contributed by atoms with Gasteiger partial charge in [-0.3, -0.25) is 13.9 Å². The summed E-state index contributed by atoms with van der Waals surface area (Å²) in [6, 6.07) is 18.2. The summed E-state index contributed by atoms with van der Waals surface area (Å²) < 4.78 is 29.1. The van der Waals surface area contributed by atoms with E-state index in [1.54, 1.807) is 61.5 Å². The fourth-order valence-corrected chi connectivity index (χ4v) is 5.70. The summed E-state index contributed by atoms with van der Waals surface area (Å²) in [7, 11) is -4.11. The zero-order chi connectivity index (χ0) is 28.7. The topological polar surface area (TPSA) is 86.8 Å². The maximum absolute atomic E-state index is 14.0. The zero-order valence-electron chi connectivity index (χ0n) is 23.1. The van der Waals surface area contributed by atoms with E-state index < -0.39 is 28.5 Å². The van der Waals surface area contributed by atoms with E-state index in [9.17, 15) is 18.0 Å². The van der Waals surface area contributed by atoms with Crippen molar-refractivity contribution >= 4 is 39.1 Å². The molecule has 0 saturated carbocycles. The van der Waals surface area contributed by atoms with Gasteiger partial charge in [0.25, 0.3) is 10.0 Å². The molecular weight excluding hydrogens is 534 g/mol. The van der Waals surface area contributed by atoms with Gasteiger partial charge in [0.15, 0.2) is 0 Å². The third kappa shape index (κ3) is 7.61. The van der Waals surface area contributed by atoms with Crippen molar-refractivity contribution in [3.8, 4) is 0 Å². The smallest absolute Gasteiger partial charge is 0.264 e. The lowest BCUT2D eigenvalue weighted by Gasteiger charge is -2.32. The number of benzene rings is 3. The Balaban J connectivity index is 2.05. The summed E-state index contributed by atoms with van der Waals surface area (Å²) in [5.41, 5.74) is 3.67. The fourth-order valence-electron chi connectivity index (χ4n) is 4.10. The molecule has 7 nitrogen and oxygen atoms in total. The Morgan fingerprint density at radius 1 is 0.923 bits per heavy atom. The highest BCUT2D eigenvalue weighted by molar-refractivity contribution is 7.92. The van der Waals surface area contributed by atoms with Crippen LogP contribution in [0.15, 0.2) is 71.6 Å². The van der Waals surface area contributed by atoms with Crippen LogP contribution in [0.2, 0.25) is 5.02 Å². The molecule has 3 aromatic carbocycles. The summed E-state index contributed by atoms with van der Waals surface area (Å²) in [6.07, 6.45) is 0.749. The molecule has 0 heterocycles. The molecule has 0 radical (unpaired) electrons. The van der Waals surface area contributed by atoms with Crippen LogP contribution in [0.25, 0.3) is 0 Å². The van der Waals surface area contributed by atoms with Gasteiger partial charge in [0.2, 0.25) is 11.8 Å². The van der Waals surface area contributed by atoms with Gasteiger partial charge in [-0.25, -0.2) is 8.42 Å². The maximum Gasteiger partial charge on any atom is 0.264 e. The van der Waals surface area contributed by atoms with Crippen LogP contribution < -0.4 is 9.62 Å². The Labute approximate surface area is 236 Å². The van der Waals surface area contributed by atoms with Crippen LogP contribution in [0, 0.1) is 20.8 Å². The zero-order valence-corrected chi connectivity index (χ0v) is 24.6. The quantitative estimate of drug-likeness (QED) is 0.335. The van der Waals surface area contributed by atoms with Crippen molar-refractivity contribution in [1.82, 2.24) is 10.2 Å². The van der Waals surface area contributed by atoms with E-state index in [1.807, 2.05) is 39.8 Å². The number of halogens is 1. The Morgan fingerprint density at radius 3 is 2.15 bits per heavy atom. The van der Waals surface area contributed by atoms with Gasteiger partial charge in [-0.1, -0.05) is 60.5 Å². The lowest BCUT2D eigenvalue weighted by Crippen LogP contribution is -2.51. The number of nitrogens with zero attached hydrogens (tertiary/aromatic N) is 2. The molecule has 1 atom stereocenters. The molecule has 0 aliphatic carbocycles. The third-order valence-electron chi connectivity index (χ3n) is 6.50. The minimum atomic E-state index is -4.11. The molecule has 1 unspecified atom stereocenters. The van der Waals surface area contributed by atoms with E-state index in [-0.39, 0.29) is 17.3 Å². The van der Waals surface area contributed by atoms with Crippen molar-refractivity contribution in [2.45, 2.75) is 58.5 Å². The number of carbonyl (C=O) groups excluding carboxylic acids is 2. The molecule has 0 spiro atoms. The summed E-state index contributed by atoms with van der Waals surface area (Å²) in [6.45, 7) is 9.26. The van der Waals surface area contributed by atoms with Gasteiger partial charge in [0, 0.05) is 18.1 Å². The number of amides is 2. The van der Waals surface area contributed by atoms with Gasteiger partial charge < -0.3 is 10.2 Å². The van der Waals surface area contributed by atoms with Crippen molar-refractivity contribution in [2.75, 3.05) is 17.4 Å². The van der Waals surface area contributed by atoms with Crippen LogP contribution in [-0.2, 0) is 26.2 Å².